The summed E-state index contributed by atoms with van der Waals surface area (Å²) in [5.74, 6) is -0.243. The number of amides is 1. The van der Waals surface area contributed by atoms with Crippen molar-refractivity contribution in [2.24, 2.45) is 0 Å². The minimum absolute atomic E-state index is 0.101. The lowest BCUT2D eigenvalue weighted by atomic mass is 10.1. The summed E-state index contributed by atoms with van der Waals surface area (Å²) in [6.07, 6.45) is 2.49. The first-order valence-corrected chi connectivity index (χ1v) is 8.61. The van der Waals surface area contributed by atoms with E-state index >= 15 is 0 Å². The fourth-order valence-electron chi connectivity index (χ4n) is 2.35. The van der Waals surface area contributed by atoms with Gasteiger partial charge in [0.05, 0.1) is 10.7 Å². The summed E-state index contributed by atoms with van der Waals surface area (Å²) in [6.45, 7) is 0. The minimum Gasteiger partial charge on any atom is -0.320 e. The topological polar surface area (TPSA) is 85.1 Å². The molecule has 2 aromatic carbocycles. The van der Waals surface area contributed by atoms with Gasteiger partial charge in [-0.15, -0.1) is 11.8 Å². The van der Waals surface area contributed by atoms with Crippen LogP contribution >= 0.6 is 23.4 Å². The lowest BCUT2D eigenvalue weighted by Crippen LogP contribution is -2.15. The van der Waals surface area contributed by atoms with Crippen molar-refractivity contribution >= 4 is 51.4 Å². The van der Waals surface area contributed by atoms with Gasteiger partial charge in [-0.1, -0.05) is 35.9 Å². The molecule has 0 aliphatic heterocycles. The van der Waals surface area contributed by atoms with Gasteiger partial charge < -0.3 is 5.32 Å². The number of anilines is 1. The normalized spacial score (nSPS) is 10.6. The van der Waals surface area contributed by atoms with Crippen LogP contribution in [0.2, 0.25) is 5.02 Å². The van der Waals surface area contributed by atoms with Gasteiger partial charge in [0.2, 0.25) is 5.91 Å². The van der Waals surface area contributed by atoms with E-state index in [2.05, 4.69) is 10.3 Å². The second kappa shape index (κ2) is 7.50. The standard InChI is InChI=1S/C17H12ClN3O3S/c18-12-5-1-3-11-4-2-6-15(17(11)12)25-10-16(22)20-13-7-8-19-9-14(13)21(23)24/h1-9H,10H2,(H,19,20,22). The van der Waals surface area contributed by atoms with E-state index in [1.54, 1.807) is 6.07 Å². The van der Waals surface area contributed by atoms with E-state index in [1.807, 2.05) is 30.3 Å². The van der Waals surface area contributed by atoms with Crippen LogP contribution < -0.4 is 5.32 Å². The summed E-state index contributed by atoms with van der Waals surface area (Å²) in [5, 5.41) is 16.0. The molecule has 1 N–H and O–H groups in total. The quantitative estimate of drug-likeness (QED) is 0.403. The van der Waals surface area contributed by atoms with Gasteiger partial charge in [-0.3, -0.25) is 19.9 Å². The number of carbonyl (C=O) groups excluding carboxylic acids is 1. The zero-order valence-electron chi connectivity index (χ0n) is 12.8. The van der Waals surface area contributed by atoms with Crippen LogP contribution in [0.3, 0.4) is 0 Å². The molecule has 0 atom stereocenters. The average molecular weight is 374 g/mol. The molecule has 3 rings (SSSR count). The minimum atomic E-state index is -0.583. The molecule has 0 saturated carbocycles. The lowest BCUT2D eigenvalue weighted by Gasteiger charge is -2.08. The number of thioether (sulfide) groups is 1. The molecule has 6 nitrogen and oxygen atoms in total. The van der Waals surface area contributed by atoms with E-state index in [4.69, 9.17) is 11.6 Å². The Morgan fingerprint density at radius 1 is 1.24 bits per heavy atom. The van der Waals surface area contributed by atoms with Crippen LogP contribution in [-0.4, -0.2) is 21.6 Å². The smallest absolute Gasteiger partial charge is 0.310 e. The highest BCUT2D eigenvalue weighted by Crippen LogP contribution is 2.33. The number of pyridine rings is 1. The second-order valence-electron chi connectivity index (χ2n) is 5.08. The monoisotopic (exact) mass is 373 g/mol. The predicted octanol–water partition coefficient (Wildman–Crippen LogP) is 4.53. The number of carbonyl (C=O) groups is 1. The van der Waals surface area contributed by atoms with Gasteiger partial charge in [-0.2, -0.15) is 0 Å². The van der Waals surface area contributed by atoms with Gasteiger partial charge in [-0.05, 0) is 23.6 Å². The molecule has 8 heteroatoms. The number of rotatable bonds is 5. The van der Waals surface area contributed by atoms with Crippen molar-refractivity contribution in [3.8, 4) is 0 Å². The van der Waals surface area contributed by atoms with E-state index in [0.29, 0.717) is 5.02 Å². The highest BCUT2D eigenvalue weighted by atomic mass is 35.5. The van der Waals surface area contributed by atoms with E-state index in [9.17, 15) is 14.9 Å². The van der Waals surface area contributed by atoms with Crippen LogP contribution in [0, 0.1) is 10.1 Å². The Hall–Kier alpha value is -2.64. The Morgan fingerprint density at radius 3 is 2.76 bits per heavy atom. The zero-order valence-corrected chi connectivity index (χ0v) is 14.4. The van der Waals surface area contributed by atoms with Crippen molar-refractivity contribution in [3.63, 3.8) is 0 Å². The van der Waals surface area contributed by atoms with Crippen LogP contribution in [-0.2, 0) is 4.79 Å². The molecule has 0 saturated heterocycles. The maximum atomic E-state index is 12.2. The van der Waals surface area contributed by atoms with Crippen LogP contribution in [0.1, 0.15) is 0 Å². The number of nitro groups is 1. The van der Waals surface area contributed by atoms with Crippen molar-refractivity contribution < 1.29 is 9.72 Å². The molecular weight excluding hydrogens is 362 g/mol. The predicted molar refractivity (Wildman–Crippen MR) is 99.2 cm³/mol. The van der Waals surface area contributed by atoms with Gasteiger partial charge in [0.15, 0.2) is 0 Å². The molecule has 3 aromatic rings. The van der Waals surface area contributed by atoms with Crippen molar-refractivity contribution in [2.45, 2.75) is 4.90 Å². The molecule has 0 fully saturated rings. The Bertz CT molecular complexity index is 960. The van der Waals surface area contributed by atoms with Crippen molar-refractivity contribution in [2.75, 3.05) is 11.1 Å². The van der Waals surface area contributed by atoms with E-state index in [-0.39, 0.29) is 23.0 Å². The maximum absolute atomic E-state index is 12.2. The number of fused-ring (bicyclic) bond motifs is 1. The molecule has 1 amide bonds. The number of hydrogen-bond donors (Lipinski definition) is 1. The third kappa shape index (κ3) is 3.89. The molecule has 0 radical (unpaired) electrons. The number of nitrogens with one attached hydrogen (secondary N) is 1. The lowest BCUT2D eigenvalue weighted by molar-refractivity contribution is -0.384. The Kier molecular flexibility index (Phi) is 5.16. The molecule has 0 aliphatic rings. The summed E-state index contributed by atoms with van der Waals surface area (Å²) in [4.78, 5) is 27.1. The van der Waals surface area contributed by atoms with Gasteiger partial charge in [0.1, 0.15) is 11.9 Å². The molecule has 1 aromatic heterocycles. The van der Waals surface area contributed by atoms with Gasteiger partial charge in [-0.25, -0.2) is 0 Å². The van der Waals surface area contributed by atoms with E-state index in [1.165, 1.54) is 24.0 Å². The van der Waals surface area contributed by atoms with Crippen LogP contribution in [0.25, 0.3) is 10.8 Å². The van der Waals surface area contributed by atoms with Gasteiger partial charge in [0, 0.05) is 21.5 Å². The van der Waals surface area contributed by atoms with Crippen LogP contribution in [0.4, 0.5) is 11.4 Å². The Labute approximate surface area is 152 Å². The Balaban J connectivity index is 1.75. The van der Waals surface area contributed by atoms with Crippen molar-refractivity contribution in [1.82, 2.24) is 4.98 Å². The molecule has 25 heavy (non-hydrogen) atoms. The fraction of sp³-hybridized carbons (Fsp3) is 0.0588. The number of benzene rings is 2. The number of aromatic nitrogens is 1. The van der Waals surface area contributed by atoms with Crippen LogP contribution in [0.15, 0.2) is 59.8 Å². The number of nitrogens with zero attached hydrogens (tertiary/aromatic N) is 2. The van der Waals surface area contributed by atoms with Crippen molar-refractivity contribution in [1.29, 1.82) is 0 Å². The summed E-state index contributed by atoms with van der Waals surface area (Å²) < 4.78 is 0. The molecule has 126 valence electrons. The maximum Gasteiger partial charge on any atom is 0.310 e. The summed E-state index contributed by atoms with van der Waals surface area (Å²) in [5.41, 5.74) is -0.115. The van der Waals surface area contributed by atoms with Gasteiger partial charge >= 0.3 is 5.69 Å². The highest BCUT2D eigenvalue weighted by molar-refractivity contribution is 8.00. The zero-order chi connectivity index (χ0) is 17.8. The van der Waals surface area contributed by atoms with Gasteiger partial charge in [0.25, 0.3) is 0 Å². The summed E-state index contributed by atoms with van der Waals surface area (Å²) in [7, 11) is 0. The first-order chi connectivity index (χ1) is 12.1. The Morgan fingerprint density at radius 2 is 2.00 bits per heavy atom. The van der Waals surface area contributed by atoms with Crippen molar-refractivity contribution in [3.05, 3.63) is 70.0 Å². The van der Waals surface area contributed by atoms with E-state index < -0.39 is 4.92 Å². The fourth-order valence-corrected chi connectivity index (χ4v) is 3.59. The molecule has 0 unspecified atom stereocenters. The largest absolute Gasteiger partial charge is 0.320 e. The highest BCUT2D eigenvalue weighted by Gasteiger charge is 2.16. The summed E-state index contributed by atoms with van der Waals surface area (Å²) >= 11 is 7.59. The molecule has 0 bridgehead atoms. The first-order valence-electron chi connectivity index (χ1n) is 7.24. The summed E-state index contributed by atoms with van der Waals surface area (Å²) in [6, 6.07) is 12.8. The first kappa shape index (κ1) is 17.2. The second-order valence-corrected chi connectivity index (χ2v) is 6.51. The third-order valence-corrected chi connectivity index (χ3v) is 4.82. The molecule has 1 heterocycles. The number of halogens is 1. The molecule has 0 aliphatic carbocycles. The molecular formula is C17H12ClN3O3S. The van der Waals surface area contributed by atoms with Crippen LogP contribution in [0.5, 0.6) is 0 Å². The molecule has 0 spiro atoms. The number of hydrogen-bond acceptors (Lipinski definition) is 5. The SMILES string of the molecule is O=C(CSc1cccc2cccc(Cl)c12)Nc1ccncc1[N+](=O)[O-]. The third-order valence-electron chi connectivity index (χ3n) is 3.45. The van der Waals surface area contributed by atoms with E-state index in [0.717, 1.165) is 21.9 Å². The average Bonchev–Trinajstić information content (AvgIpc) is 2.60.